The first-order valence-electron chi connectivity index (χ1n) is 8.38. The van der Waals surface area contributed by atoms with Crippen molar-refractivity contribution in [2.45, 2.75) is 5.92 Å². The van der Waals surface area contributed by atoms with Gasteiger partial charge in [0, 0.05) is 19.0 Å². The van der Waals surface area contributed by atoms with Gasteiger partial charge in [0.2, 0.25) is 5.91 Å². The van der Waals surface area contributed by atoms with Crippen LogP contribution in [0.5, 0.6) is 0 Å². The van der Waals surface area contributed by atoms with Gasteiger partial charge in [-0.25, -0.2) is 10.7 Å². The maximum atomic E-state index is 11.9. The lowest BCUT2D eigenvalue weighted by molar-refractivity contribution is -0.125. The van der Waals surface area contributed by atoms with E-state index in [4.69, 9.17) is 10.6 Å². The van der Waals surface area contributed by atoms with E-state index in [0.29, 0.717) is 0 Å². The average Bonchev–Trinajstić information content (AvgIpc) is 2.98. The molecule has 1 aliphatic rings. The molecule has 7 nitrogen and oxygen atoms in total. The summed E-state index contributed by atoms with van der Waals surface area (Å²) >= 11 is 0. The summed E-state index contributed by atoms with van der Waals surface area (Å²) in [6.07, 6.45) is -0.517. The van der Waals surface area contributed by atoms with Crippen molar-refractivity contribution in [3.63, 3.8) is 0 Å². The maximum Gasteiger partial charge on any atom is 0.407 e. The summed E-state index contributed by atoms with van der Waals surface area (Å²) < 4.78 is 5.39. The number of benzene rings is 2. The van der Waals surface area contributed by atoms with Gasteiger partial charge in [0.15, 0.2) is 0 Å². The fourth-order valence-corrected chi connectivity index (χ4v) is 3.14. The Kier molecular flexibility index (Phi) is 5.83. The summed E-state index contributed by atoms with van der Waals surface area (Å²) in [7, 11) is 0. The fourth-order valence-electron chi connectivity index (χ4n) is 3.14. The van der Waals surface area contributed by atoms with Crippen molar-refractivity contribution in [2.24, 2.45) is 5.90 Å². The second-order valence-corrected chi connectivity index (χ2v) is 5.91. The predicted molar refractivity (Wildman–Crippen MR) is 96.2 cm³/mol. The van der Waals surface area contributed by atoms with Crippen molar-refractivity contribution in [2.75, 3.05) is 26.3 Å². The van der Waals surface area contributed by atoms with Crippen LogP contribution in [0.2, 0.25) is 0 Å². The summed E-state index contributed by atoms with van der Waals surface area (Å²) in [6, 6.07) is 16.3. The van der Waals surface area contributed by atoms with Crippen LogP contribution in [0.3, 0.4) is 0 Å². The summed E-state index contributed by atoms with van der Waals surface area (Å²) in [6.45, 7) is 0.567. The van der Waals surface area contributed by atoms with E-state index in [9.17, 15) is 9.59 Å². The van der Waals surface area contributed by atoms with Gasteiger partial charge in [-0.1, -0.05) is 48.5 Å². The quantitative estimate of drug-likeness (QED) is 0.516. The first-order chi connectivity index (χ1) is 12.7. The molecule has 0 atom stereocenters. The van der Waals surface area contributed by atoms with E-state index in [1.54, 1.807) is 0 Å². The number of alkyl carbamates (subject to hydrolysis) is 1. The molecule has 0 radical (unpaired) electrons. The number of carbonyl (C=O) groups is 2. The number of hydrogen-bond donors (Lipinski definition) is 3. The second-order valence-electron chi connectivity index (χ2n) is 5.91. The van der Waals surface area contributed by atoms with Gasteiger partial charge in [-0.05, 0) is 22.3 Å². The summed E-state index contributed by atoms with van der Waals surface area (Å²) in [4.78, 5) is 27.3. The van der Waals surface area contributed by atoms with Gasteiger partial charge in [0.1, 0.15) is 13.2 Å². The van der Waals surface area contributed by atoms with Crippen LogP contribution in [0.4, 0.5) is 4.79 Å². The molecule has 136 valence electrons. The zero-order chi connectivity index (χ0) is 18.4. The van der Waals surface area contributed by atoms with E-state index in [0.717, 1.165) is 11.1 Å². The van der Waals surface area contributed by atoms with Crippen LogP contribution in [0, 0.1) is 0 Å². The minimum Gasteiger partial charge on any atom is -0.449 e. The van der Waals surface area contributed by atoms with Crippen LogP contribution < -0.4 is 16.5 Å². The van der Waals surface area contributed by atoms with Crippen LogP contribution in [0.1, 0.15) is 17.0 Å². The summed E-state index contributed by atoms with van der Waals surface area (Å²) in [5.74, 6) is 4.48. The molecular weight excluding hydrogens is 334 g/mol. The number of hydrogen-bond acceptors (Lipinski definition) is 5. The highest BCUT2D eigenvalue weighted by atomic mass is 16.6. The zero-order valence-electron chi connectivity index (χ0n) is 14.2. The lowest BCUT2D eigenvalue weighted by Gasteiger charge is -2.14. The van der Waals surface area contributed by atoms with Gasteiger partial charge in [-0.15, -0.1) is 0 Å². The van der Waals surface area contributed by atoms with Crippen molar-refractivity contribution in [3.05, 3.63) is 59.7 Å². The van der Waals surface area contributed by atoms with Gasteiger partial charge < -0.3 is 15.4 Å². The maximum absolute atomic E-state index is 11.9. The third-order valence-electron chi connectivity index (χ3n) is 4.27. The van der Waals surface area contributed by atoms with Crippen LogP contribution in [0.15, 0.2) is 48.5 Å². The van der Waals surface area contributed by atoms with E-state index >= 15 is 0 Å². The third-order valence-corrected chi connectivity index (χ3v) is 4.27. The minimum absolute atomic E-state index is 0.0227. The molecule has 3 rings (SSSR count). The van der Waals surface area contributed by atoms with Gasteiger partial charge in [-0.3, -0.25) is 9.63 Å². The number of nitrogens with two attached hydrogens (primary N) is 1. The molecule has 0 heterocycles. The number of rotatable bonds is 7. The van der Waals surface area contributed by atoms with Gasteiger partial charge in [-0.2, -0.15) is 0 Å². The van der Waals surface area contributed by atoms with Crippen molar-refractivity contribution in [1.29, 1.82) is 0 Å². The zero-order valence-corrected chi connectivity index (χ0v) is 14.2. The molecule has 0 unspecified atom stereocenters. The standard InChI is InChI=1S/C19H21N3O4/c20-26-12-18(23)21-9-10-22-19(24)25-11-17-15-7-3-1-5-13(15)14-6-2-4-8-16(14)17/h1-8,17H,9-12,20H2,(H,21,23)(H,22,24). The topological polar surface area (TPSA) is 103 Å². The van der Waals surface area contributed by atoms with Crippen LogP contribution in [0.25, 0.3) is 11.1 Å². The molecular formula is C19H21N3O4. The van der Waals surface area contributed by atoms with Crippen molar-refractivity contribution < 1.29 is 19.2 Å². The number of carbonyl (C=O) groups excluding carboxylic acids is 2. The lowest BCUT2D eigenvalue weighted by atomic mass is 9.98. The number of nitrogens with one attached hydrogen (secondary N) is 2. The first-order valence-corrected chi connectivity index (χ1v) is 8.38. The number of ether oxygens (including phenoxy) is 1. The lowest BCUT2D eigenvalue weighted by Crippen LogP contribution is -2.37. The Labute approximate surface area is 151 Å². The highest BCUT2D eigenvalue weighted by Crippen LogP contribution is 2.44. The fraction of sp³-hybridized carbons (Fsp3) is 0.263. The Hall–Kier alpha value is -2.90. The third kappa shape index (κ3) is 4.01. The molecule has 2 aromatic carbocycles. The van der Waals surface area contributed by atoms with Crippen LogP contribution in [-0.2, 0) is 14.4 Å². The molecule has 1 aliphatic carbocycles. The van der Waals surface area contributed by atoms with E-state index in [1.807, 2.05) is 24.3 Å². The van der Waals surface area contributed by atoms with Crippen LogP contribution in [-0.4, -0.2) is 38.3 Å². The van der Waals surface area contributed by atoms with Crippen molar-refractivity contribution in [3.8, 4) is 11.1 Å². The molecule has 0 bridgehead atoms. The summed E-state index contributed by atoms with van der Waals surface area (Å²) in [5.41, 5.74) is 4.69. The Morgan fingerprint density at radius 2 is 1.50 bits per heavy atom. The minimum atomic E-state index is -0.517. The van der Waals surface area contributed by atoms with Gasteiger partial charge >= 0.3 is 6.09 Å². The number of fused-ring (bicyclic) bond motifs is 3. The summed E-state index contributed by atoms with van der Waals surface area (Å²) in [5, 5.41) is 5.15. The van der Waals surface area contributed by atoms with E-state index in [1.165, 1.54) is 11.1 Å². The molecule has 0 fully saturated rings. The Morgan fingerprint density at radius 1 is 0.923 bits per heavy atom. The van der Waals surface area contributed by atoms with E-state index < -0.39 is 6.09 Å². The Balaban J connectivity index is 1.52. The smallest absolute Gasteiger partial charge is 0.407 e. The Bertz CT molecular complexity index is 748. The molecule has 2 aromatic rings. The molecule has 4 N–H and O–H groups in total. The SMILES string of the molecule is NOCC(=O)NCCNC(=O)OCC1c2ccccc2-c2ccccc21. The molecule has 7 heteroatoms. The van der Waals surface area contributed by atoms with Crippen molar-refractivity contribution >= 4 is 12.0 Å². The monoisotopic (exact) mass is 355 g/mol. The second kappa shape index (κ2) is 8.46. The van der Waals surface area contributed by atoms with Gasteiger partial charge in [0.05, 0.1) is 0 Å². The largest absolute Gasteiger partial charge is 0.449 e. The normalized spacial score (nSPS) is 12.2. The molecule has 0 saturated heterocycles. The highest BCUT2D eigenvalue weighted by molar-refractivity contribution is 5.79. The Morgan fingerprint density at radius 3 is 2.12 bits per heavy atom. The first kappa shape index (κ1) is 17.9. The molecule has 0 saturated carbocycles. The highest BCUT2D eigenvalue weighted by Gasteiger charge is 2.28. The van der Waals surface area contributed by atoms with Crippen molar-refractivity contribution in [1.82, 2.24) is 10.6 Å². The molecule has 0 spiro atoms. The molecule has 2 amide bonds. The van der Waals surface area contributed by atoms with E-state index in [2.05, 4.69) is 39.7 Å². The van der Waals surface area contributed by atoms with E-state index in [-0.39, 0.29) is 38.1 Å². The predicted octanol–water partition coefficient (Wildman–Crippen LogP) is 1.53. The van der Waals surface area contributed by atoms with Crippen LogP contribution >= 0.6 is 0 Å². The van der Waals surface area contributed by atoms with Gasteiger partial charge in [0.25, 0.3) is 0 Å². The average molecular weight is 355 g/mol. The molecule has 0 aliphatic heterocycles. The number of amides is 2. The molecule has 0 aromatic heterocycles. The molecule has 26 heavy (non-hydrogen) atoms.